The smallest absolute Gasteiger partial charge is 0.274 e. The summed E-state index contributed by atoms with van der Waals surface area (Å²) in [4.78, 5) is 22.7. The Balaban J connectivity index is 1.75. The fourth-order valence-electron chi connectivity index (χ4n) is 2.83. The van der Waals surface area contributed by atoms with E-state index in [1.165, 1.54) is 0 Å². The average molecular weight is 285 g/mol. The minimum absolute atomic E-state index is 0.0376. The van der Waals surface area contributed by atoms with Gasteiger partial charge < -0.3 is 4.90 Å². The van der Waals surface area contributed by atoms with Crippen molar-refractivity contribution in [2.75, 3.05) is 13.1 Å². The maximum atomic E-state index is 12.5. The van der Waals surface area contributed by atoms with E-state index < -0.39 is 0 Å². The van der Waals surface area contributed by atoms with Crippen LogP contribution in [-0.4, -0.2) is 44.1 Å². The van der Waals surface area contributed by atoms with E-state index in [4.69, 9.17) is 0 Å². The number of carbonyl (C=O) groups is 1. The maximum absolute atomic E-state index is 12.5. The molecule has 1 unspecified atom stereocenters. The van der Waals surface area contributed by atoms with Crippen molar-refractivity contribution in [3.63, 3.8) is 0 Å². The molecule has 2 aromatic heterocycles. The van der Waals surface area contributed by atoms with Gasteiger partial charge in [-0.15, -0.1) is 0 Å². The molecule has 0 spiro atoms. The number of aromatic amines is 1. The molecule has 1 aliphatic rings. The van der Waals surface area contributed by atoms with Gasteiger partial charge in [0.05, 0.1) is 18.1 Å². The topological polar surface area (TPSA) is 74.8 Å². The van der Waals surface area contributed by atoms with E-state index in [0.717, 1.165) is 36.3 Å². The van der Waals surface area contributed by atoms with Gasteiger partial charge in [-0.25, -0.2) is 4.98 Å². The van der Waals surface area contributed by atoms with Gasteiger partial charge in [0.15, 0.2) is 0 Å². The highest BCUT2D eigenvalue weighted by molar-refractivity contribution is 5.92. The summed E-state index contributed by atoms with van der Waals surface area (Å²) in [6.45, 7) is 5.39. The van der Waals surface area contributed by atoms with Crippen LogP contribution in [0.5, 0.6) is 0 Å². The van der Waals surface area contributed by atoms with Crippen LogP contribution in [0.15, 0.2) is 18.6 Å². The number of rotatable bonds is 2. The molecule has 0 aromatic carbocycles. The average Bonchev–Trinajstić information content (AvgIpc) is 2.94. The van der Waals surface area contributed by atoms with Gasteiger partial charge in [0.25, 0.3) is 5.91 Å². The normalized spacial score (nSPS) is 18.8. The van der Waals surface area contributed by atoms with E-state index in [1.807, 2.05) is 24.9 Å². The zero-order valence-corrected chi connectivity index (χ0v) is 12.3. The molecule has 3 rings (SSSR count). The summed E-state index contributed by atoms with van der Waals surface area (Å²) in [6.07, 6.45) is 7.10. The van der Waals surface area contributed by atoms with Crippen molar-refractivity contribution in [2.24, 2.45) is 0 Å². The Morgan fingerprint density at radius 1 is 1.29 bits per heavy atom. The zero-order chi connectivity index (χ0) is 14.8. The highest BCUT2D eigenvalue weighted by Gasteiger charge is 2.27. The van der Waals surface area contributed by atoms with E-state index in [2.05, 4.69) is 20.2 Å². The largest absolute Gasteiger partial charge is 0.337 e. The van der Waals surface area contributed by atoms with Crippen molar-refractivity contribution >= 4 is 5.91 Å². The van der Waals surface area contributed by atoms with Crippen molar-refractivity contribution in [2.45, 2.75) is 32.6 Å². The SMILES string of the molecule is Cc1cnc(C(=O)N2CCCC(c3[nH]ncc3C)C2)cn1. The van der Waals surface area contributed by atoms with Crippen molar-refractivity contribution < 1.29 is 4.79 Å². The first kappa shape index (κ1) is 13.7. The van der Waals surface area contributed by atoms with Crippen LogP contribution in [0.2, 0.25) is 0 Å². The second-order valence-electron chi connectivity index (χ2n) is 5.60. The van der Waals surface area contributed by atoms with Crippen LogP contribution in [0, 0.1) is 13.8 Å². The van der Waals surface area contributed by atoms with E-state index in [1.54, 1.807) is 12.4 Å². The molecule has 1 fully saturated rings. The molecular formula is C15H19N5O. The van der Waals surface area contributed by atoms with Gasteiger partial charge in [0, 0.05) is 30.9 Å². The third kappa shape index (κ3) is 2.79. The van der Waals surface area contributed by atoms with Crippen LogP contribution >= 0.6 is 0 Å². The number of aromatic nitrogens is 4. The van der Waals surface area contributed by atoms with Crippen LogP contribution in [0.25, 0.3) is 0 Å². The lowest BCUT2D eigenvalue weighted by Gasteiger charge is -2.32. The first-order chi connectivity index (χ1) is 10.1. The molecular weight excluding hydrogens is 266 g/mol. The highest BCUT2D eigenvalue weighted by atomic mass is 16.2. The maximum Gasteiger partial charge on any atom is 0.274 e. The number of piperidine rings is 1. The van der Waals surface area contributed by atoms with Gasteiger partial charge >= 0.3 is 0 Å². The Hall–Kier alpha value is -2.24. The van der Waals surface area contributed by atoms with E-state index in [9.17, 15) is 4.79 Å². The number of H-pyrrole nitrogens is 1. The minimum atomic E-state index is -0.0376. The monoisotopic (exact) mass is 285 g/mol. The van der Waals surface area contributed by atoms with Crippen LogP contribution in [0.1, 0.15) is 46.2 Å². The fourth-order valence-corrected chi connectivity index (χ4v) is 2.83. The molecule has 1 atom stereocenters. The predicted octanol–water partition coefficient (Wildman–Crippen LogP) is 1.84. The summed E-state index contributed by atoms with van der Waals surface area (Å²) in [7, 11) is 0. The summed E-state index contributed by atoms with van der Waals surface area (Å²) >= 11 is 0. The first-order valence-corrected chi connectivity index (χ1v) is 7.23. The van der Waals surface area contributed by atoms with E-state index >= 15 is 0 Å². The lowest BCUT2D eigenvalue weighted by atomic mass is 9.93. The van der Waals surface area contributed by atoms with Crippen molar-refractivity contribution in [1.82, 2.24) is 25.1 Å². The molecule has 6 heteroatoms. The molecule has 2 aromatic rings. The van der Waals surface area contributed by atoms with Gasteiger partial charge in [0.2, 0.25) is 0 Å². The summed E-state index contributed by atoms with van der Waals surface area (Å²) < 4.78 is 0. The predicted molar refractivity (Wildman–Crippen MR) is 78.0 cm³/mol. The van der Waals surface area contributed by atoms with Gasteiger partial charge in [-0.1, -0.05) is 0 Å². The molecule has 1 amide bonds. The summed E-state index contributed by atoms with van der Waals surface area (Å²) in [6, 6.07) is 0. The van der Waals surface area contributed by atoms with E-state index in [0.29, 0.717) is 18.2 Å². The van der Waals surface area contributed by atoms with Crippen LogP contribution in [0.3, 0.4) is 0 Å². The highest BCUT2D eigenvalue weighted by Crippen LogP contribution is 2.27. The summed E-state index contributed by atoms with van der Waals surface area (Å²) in [5, 5.41) is 7.15. The molecule has 1 aliphatic heterocycles. The number of nitrogens with one attached hydrogen (secondary N) is 1. The standard InChI is InChI=1S/C15H19N5O/c1-10-6-18-19-14(10)12-4-3-5-20(9-12)15(21)13-8-16-11(2)7-17-13/h6-8,12H,3-5,9H2,1-2H3,(H,18,19). The van der Waals surface area contributed by atoms with Gasteiger partial charge in [-0.2, -0.15) is 5.10 Å². The lowest BCUT2D eigenvalue weighted by molar-refractivity contribution is 0.0699. The molecule has 1 N–H and O–H groups in total. The number of aryl methyl sites for hydroxylation is 2. The number of amides is 1. The Morgan fingerprint density at radius 3 is 2.81 bits per heavy atom. The molecule has 0 aliphatic carbocycles. The van der Waals surface area contributed by atoms with Gasteiger partial charge in [-0.05, 0) is 32.3 Å². The molecule has 1 saturated heterocycles. The van der Waals surface area contributed by atoms with Crippen molar-refractivity contribution in [3.05, 3.63) is 41.2 Å². The lowest BCUT2D eigenvalue weighted by Crippen LogP contribution is -2.39. The summed E-state index contributed by atoms with van der Waals surface area (Å²) in [5.74, 6) is 0.285. The molecule has 0 radical (unpaired) electrons. The number of nitrogens with zero attached hydrogens (tertiary/aromatic N) is 4. The Kier molecular flexibility index (Phi) is 3.68. The quantitative estimate of drug-likeness (QED) is 0.913. The molecule has 0 saturated carbocycles. The second kappa shape index (κ2) is 5.63. The van der Waals surface area contributed by atoms with Crippen LogP contribution < -0.4 is 0 Å². The first-order valence-electron chi connectivity index (χ1n) is 7.23. The van der Waals surface area contributed by atoms with Crippen LogP contribution in [0.4, 0.5) is 0 Å². The third-order valence-corrected chi connectivity index (χ3v) is 3.98. The molecule has 3 heterocycles. The Labute approximate surface area is 123 Å². The van der Waals surface area contributed by atoms with Crippen molar-refractivity contribution in [3.8, 4) is 0 Å². The minimum Gasteiger partial charge on any atom is -0.337 e. The summed E-state index contributed by atoms with van der Waals surface area (Å²) in [5.41, 5.74) is 3.53. The van der Waals surface area contributed by atoms with Crippen molar-refractivity contribution in [1.29, 1.82) is 0 Å². The number of hydrogen-bond acceptors (Lipinski definition) is 4. The van der Waals surface area contributed by atoms with E-state index in [-0.39, 0.29) is 5.91 Å². The van der Waals surface area contributed by atoms with Crippen LogP contribution in [-0.2, 0) is 0 Å². The molecule has 110 valence electrons. The number of carbonyl (C=O) groups excluding carboxylic acids is 1. The Bertz CT molecular complexity index is 634. The second-order valence-corrected chi connectivity index (χ2v) is 5.60. The number of hydrogen-bond donors (Lipinski definition) is 1. The zero-order valence-electron chi connectivity index (χ0n) is 12.3. The number of likely N-dealkylation sites (tertiary alicyclic amines) is 1. The van der Waals surface area contributed by atoms with Gasteiger partial charge in [0.1, 0.15) is 5.69 Å². The third-order valence-electron chi connectivity index (χ3n) is 3.98. The Morgan fingerprint density at radius 2 is 2.14 bits per heavy atom. The van der Waals surface area contributed by atoms with Gasteiger partial charge in [-0.3, -0.25) is 14.9 Å². The molecule has 21 heavy (non-hydrogen) atoms. The fraction of sp³-hybridized carbons (Fsp3) is 0.467. The molecule has 6 nitrogen and oxygen atoms in total. The molecule has 0 bridgehead atoms.